The van der Waals surface area contributed by atoms with Gasteiger partial charge in [-0.25, -0.2) is 4.39 Å². The number of benzene rings is 2. The quantitative estimate of drug-likeness (QED) is 0.808. The Morgan fingerprint density at radius 2 is 1.96 bits per heavy atom. The standard InChI is InChI=1S/C21H22ClFN2O2/c22-19-11-17(23)7-6-16(19)10-21(26)24-8-9-25-18(12-24)13-27-14-20(25)15-4-2-1-3-5-15/h1-7,11,18,20H,8-10,12-14H2/t18-,20-/m1/s1. The summed E-state index contributed by atoms with van der Waals surface area (Å²) in [6.45, 7) is 3.44. The summed E-state index contributed by atoms with van der Waals surface area (Å²) in [5, 5.41) is 0.298. The number of rotatable bonds is 3. The minimum absolute atomic E-state index is 0.0185. The lowest BCUT2D eigenvalue weighted by molar-refractivity contribution is -0.139. The van der Waals surface area contributed by atoms with Gasteiger partial charge in [-0.1, -0.05) is 48.0 Å². The van der Waals surface area contributed by atoms with Crippen molar-refractivity contribution < 1.29 is 13.9 Å². The molecule has 0 unspecified atom stereocenters. The van der Waals surface area contributed by atoms with Crippen LogP contribution < -0.4 is 0 Å². The van der Waals surface area contributed by atoms with Crippen molar-refractivity contribution in [2.75, 3.05) is 32.8 Å². The predicted octanol–water partition coefficient (Wildman–Crippen LogP) is 3.31. The van der Waals surface area contributed by atoms with E-state index in [1.807, 2.05) is 23.1 Å². The van der Waals surface area contributed by atoms with Crippen LogP contribution in [0.1, 0.15) is 17.2 Å². The number of hydrogen-bond acceptors (Lipinski definition) is 3. The third kappa shape index (κ3) is 4.00. The van der Waals surface area contributed by atoms with E-state index < -0.39 is 5.82 Å². The summed E-state index contributed by atoms with van der Waals surface area (Å²) in [6.07, 6.45) is 0.189. The van der Waals surface area contributed by atoms with Crippen molar-refractivity contribution in [3.8, 4) is 0 Å². The third-order valence-corrected chi connectivity index (χ3v) is 5.76. The second-order valence-electron chi connectivity index (χ2n) is 7.11. The minimum atomic E-state index is -0.392. The van der Waals surface area contributed by atoms with E-state index in [1.54, 1.807) is 6.07 Å². The van der Waals surface area contributed by atoms with E-state index >= 15 is 0 Å². The van der Waals surface area contributed by atoms with Gasteiger partial charge in [-0.05, 0) is 23.3 Å². The number of ether oxygens (including phenoxy) is 1. The van der Waals surface area contributed by atoms with E-state index in [9.17, 15) is 9.18 Å². The zero-order valence-corrected chi connectivity index (χ0v) is 15.7. The molecule has 4 nitrogen and oxygen atoms in total. The smallest absolute Gasteiger partial charge is 0.227 e. The molecule has 0 saturated carbocycles. The van der Waals surface area contributed by atoms with Crippen molar-refractivity contribution >= 4 is 17.5 Å². The molecule has 0 radical (unpaired) electrons. The lowest BCUT2D eigenvalue weighted by Gasteiger charge is -2.48. The Morgan fingerprint density at radius 3 is 2.74 bits per heavy atom. The Morgan fingerprint density at radius 1 is 1.15 bits per heavy atom. The van der Waals surface area contributed by atoms with E-state index in [0.717, 1.165) is 6.54 Å². The fraction of sp³-hybridized carbons (Fsp3) is 0.381. The van der Waals surface area contributed by atoms with Gasteiger partial charge in [-0.15, -0.1) is 0 Å². The van der Waals surface area contributed by atoms with Crippen LogP contribution in [0, 0.1) is 5.82 Å². The van der Waals surface area contributed by atoms with Crippen LogP contribution in [-0.2, 0) is 16.0 Å². The number of hydrogen-bond donors (Lipinski definition) is 0. The van der Waals surface area contributed by atoms with E-state index in [1.165, 1.54) is 17.7 Å². The maximum absolute atomic E-state index is 13.2. The minimum Gasteiger partial charge on any atom is -0.378 e. The third-order valence-electron chi connectivity index (χ3n) is 5.41. The maximum atomic E-state index is 13.2. The van der Waals surface area contributed by atoms with Gasteiger partial charge >= 0.3 is 0 Å². The first-order valence-electron chi connectivity index (χ1n) is 9.22. The van der Waals surface area contributed by atoms with Gasteiger partial charge in [0.1, 0.15) is 5.82 Å². The number of amides is 1. The number of carbonyl (C=O) groups excluding carboxylic acids is 1. The summed E-state index contributed by atoms with van der Waals surface area (Å²) in [4.78, 5) is 17.1. The van der Waals surface area contributed by atoms with Crippen molar-refractivity contribution in [2.45, 2.75) is 18.5 Å². The van der Waals surface area contributed by atoms with Gasteiger partial charge in [0.25, 0.3) is 0 Å². The molecule has 2 fully saturated rings. The average molecular weight is 389 g/mol. The molecule has 142 valence electrons. The number of piperazine rings is 1. The summed E-state index contributed by atoms with van der Waals surface area (Å²) in [5.74, 6) is -0.374. The average Bonchev–Trinajstić information content (AvgIpc) is 2.70. The molecule has 2 aliphatic rings. The summed E-state index contributed by atoms with van der Waals surface area (Å²) < 4.78 is 19.0. The highest BCUT2D eigenvalue weighted by Crippen LogP contribution is 2.30. The van der Waals surface area contributed by atoms with Gasteiger partial charge in [0.05, 0.1) is 31.7 Å². The molecule has 2 aromatic carbocycles. The molecule has 2 heterocycles. The molecule has 0 aliphatic carbocycles. The summed E-state index contributed by atoms with van der Waals surface area (Å²) in [7, 11) is 0. The van der Waals surface area contributed by atoms with Crippen LogP contribution in [0.25, 0.3) is 0 Å². The van der Waals surface area contributed by atoms with Crippen LogP contribution in [0.4, 0.5) is 4.39 Å². The fourth-order valence-corrected chi connectivity index (χ4v) is 4.20. The van der Waals surface area contributed by atoms with Crippen molar-refractivity contribution in [1.29, 1.82) is 0 Å². The van der Waals surface area contributed by atoms with Crippen LogP contribution in [-0.4, -0.2) is 54.6 Å². The van der Waals surface area contributed by atoms with Gasteiger partial charge in [0.15, 0.2) is 0 Å². The maximum Gasteiger partial charge on any atom is 0.227 e. The van der Waals surface area contributed by atoms with Crippen molar-refractivity contribution in [3.05, 3.63) is 70.5 Å². The molecule has 0 spiro atoms. The van der Waals surface area contributed by atoms with Crippen molar-refractivity contribution in [1.82, 2.24) is 9.80 Å². The van der Waals surface area contributed by atoms with Crippen LogP contribution in [0.3, 0.4) is 0 Å². The number of nitrogens with zero attached hydrogens (tertiary/aromatic N) is 2. The zero-order valence-electron chi connectivity index (χ0n) is 15.0. The molecule has 2 aliphatic heterocycles. The molecular weight excluding hydrogens is 367 g/mol. The van der Waals surface area contributed by atoms with E-state index in [2.05, 4.69) is 17.0 Å². The molecule has 0 N–H and O–H groups in total. The first-order valence-corrected chi connectivity index (χ1v) is 9.60. The fourth-order valence-electron chi connectivity index (χ4n) is 3.97. The van der Waals surface area contributed by atoms with Crippen LogP contribution in [0.5, 0.6) is 0 Å². The monoisotopic (exact) mass is 388 g/mol. The summed E-state index contributed by atoms with van der Waals surface area (Å²) >= 11 is 6.07. The van der Waals surface area contributed by atoms with E-state index in [-0.39, 0.29) is 24.4 Å². The SMILES string of the molecule is O=C(Cc1ccc(F)cc1Cl)N1CCN2[C@@H](COC[C@@H]2c2ccccc2)C1. The van der Waals surface area contributed by atoms with Gasteiger partial charge in [-0.2, -0.15) is 0 Å². The summed E-state index contributed by atoms with van der Waals surface area (Å²) in [5.41, 5.74) is 1.91. The van der Waals surface area contributed by atoms with Gasteiger partial charge < -0.3 is 9.64 Å². The molecule has 0 bridgehead atoms. The summed E-state index contributed by atoms with van der Waals surface area (Å²) in [6, 6.07) is 15.0. The Balaban J connectivity index is 1.43. The first kappa shape index (κ1) is 18.4. The largest absolute Gasteiger partial charge is 0.378 e. The number of fused-ring (bicyclic) bond motifs is 1. The first-order chi connectivity index (χ1) is 13.1. The highest BCUT2D eigenvalue weighted by molar-refractivity contribution is 6.31. The topological polar surface area (TPSA) is 32.8 Å². The Hall–Kier alpha value is -1.95. The van der Waals surface area contributed by atoms with Crippen LogP contribution in [0.2, 0.25) is 5.02 Å². The molecule has 1 amide bonds. The molecule has 2 aromatic rings. The second-order valence-corrected chi connectivity index (χ2v) is 7.52. The van der Waals surface area contributed by atoms with Gasteiger partial charge in [-0.3, -0.25) is 9.69 Å². The lowest BCUT2D eigenvalue weighted by atomic mass is 10.00. The van der Waals surface area contributed by atoms with Crippen molar-refractivity contribution in [2.24, 2.45) is 0 Å². The van der Waals surface area contributed by atoms with E-state index in [4.69, 9.17) is 16.3 Å². The molecule has 2 saturated heterocycles. The molecular formula is C21H22ClFN2O2. The Labute approximate surface area is 163 Å². The molecule has 2 atom stereocenters. The predicted molar refractivity (Wildman–Crippen MR) is 102 cm³/mol. The van der Waals surface area contributed by atoms with Crippen molar-refractivity contribution in [3.63, 3.8) is 0 Å². The lowest BCUT2D eigenvalue weighted by Crippen LogP contribution is -2.60. The van der Waals surface area contributed by atoms with E-state index in [0.29, 0.717) is 36.9 Å². The molecule has 27 heavy (non-hydrogen) atoms. The van der Waals surface area contributed by atoms with Gasteiger partial charge in [0, 0.05) is 24.7 Å². The highest BCUT2D eigenvalue weighted by Gasteiger charge is 2.37. The Kier molecular flexibility index (Phi) is 5.43. The molecule has 0 aromatic heterocycles. The number of morpholine rings is 1. The van der Waals surface area contributed by atoms with Crippen LogP contribution >= 0.6 is 11.6 Å². The number of carbonyl (C=O) groups is 1. The molecule has 4 rings (SSSR count). The van der Waals surface area contributed by atoms with Gasteiger partial charge in [0.2, 0.25) is 5.91 Å². The highest BCUT2D eigenvalue weighted by atomic mass is 35.5. The Bertz CT molecular complexity index is 817. The number of halogens is 2. The molecule has 6 heteroatoms. The van der Waals surface area contributed by atoms with Crippen LogP contribution in [0.15, 0.2) is 48.5 Å². The zero-order chi connectivity index (χ0) is 18.8. The second kappa shape index (κ2) is 7.97. The normalized spacial score (nSPS) is 23.1.